The minimum absolute atomic E-state index is 0.0573. The minimum Gasteiger partial charge on any atom is -0.372 e. The van der Waals surface area contributed by atoms with Gasteiger partial charge in [0.15, 0.2) is 0 Å². The Bertz CT molecular complexity index is 403. The number of benzene rings is 1. The lowest BCUT2D eigenvalue weighted by Gasteiger charge is -2.25. The number of nitrogens with zero attached hydrogens (tertiary/aromatic N) is 1. The molecule has 1 unspecified atom stereocenters. The van der Waals surface area contributed by atoms with Crippen molar-refractivity contribution >= 4 is 11.6 Å². The van der Waals surface area contributed by atoms with Crippen molar-refractivity contribution in [2.45, 2.75) is 32.3 Å². The molecule has 1 aliphatic rings. The fourth-order valence-electron chi connectivity index (χ4n) is 2.24. The first-order valence-electron chi connectivity index (χ1n) is 6.16. The van der Waals surface area contributed by atoms with Gasteiger partial charge in [-0.25, -0.2) is 0 Å². The lowest BCUT2D eigenvalue weighted by molar-refractivity contribution is -0.127. The summed E-state index contributed by atoms with van der Waals surface area (Å²) in [6.07, 6.45) is 2.88. The number of anilines is 1. The summed E-state index contributed by atoms with van der Waals surface area (Å²) < 4.78 is 5.13. The average molecular weight is 233 g/mol. The predicted molar refractivity (Wildman–Crippen MR) is 68.2 cm³/mol. The Morgan fingerprint density at radius 3 is 2.88 bits per heavy atom. The molecule has 1 aliphatic heterocycles. The van der Waals surface area contributed by atoms with Crippen LogP contribution in [0.3, 0.4) is 0 Å². The number of ether oxygens (including phenoxy) is 1. The maximum absolute atomic E-state index is 12.2. The van der Waals surface area contributed by atoms with Gasteiger partial charge in [-0.2, -0.15) is 0 Å². The smallest absolute Gasteiger partial charge is 0.255 e. The fourth-order valence-corrected chi connectivity index (χ4v) is 2.24. The van der Waals surface area contributed by atoms with Gasteiger partial charge in [-0.15, -0.1) is 0 Å². The molecule has 0 radical (unpaired) electrons. The molecule has 3 nitrogen and oxygen atoms in total. The molecule has 2 rings (SSSR count). The van der Waals surface area contributed by atoms with Gasteiger partial charge in [0.2, 0.25) is 0 Å². The second-order valence-corrected chi connectivity index (χ2v) is 4.45. The second-order valence-electron chi connectivity index (χ2n) is 4.45. The van der Waals surface area contributed by atoms with Crippen LogP contribution >= 0.6 is 0 Å². The van der Waals surface area contributed by atoms with Gasteiger partial charge in [-0.1, -0.05) is 18.2 Å². The largest absolute Gasteiger partial charge is 0.372 e. The third kappa shape index (κ3) is 2.50. The van der Waals surface area contributed by atoms with Crippen molar-refractivity contribution < 1.29 is 9.53 Å². The van der Waals surface area contributed by atoms with Crippen LogP contribution in [0.15, 0.2) is 24.3 Å². The topological polar surface area (TPSA) is 29.5 Å². The maximum atomic E-state index is 12.2. The standard InChI is InChI=1S/C14H19NO2/c1-11(17-2)14(16)15-10-6-5-8-12-7-3-4-9-13(12)15/h3-4,7,9,11H,5-6,8,10H2,1-2H3. The van der Waals surface area contributed by atoms with Crippen molar-refractivity contribution in [2.24, 2.45) is 0 Å². The predicted octanol–water partition coefficient (Wildman–Crippen LogP) is 2.39. The zero-order valence-electron chi connectivity index (χ0n) is 10.5. The molecule has 3 heteroatoms. The highest BCUT2D eigenvalue weighted by molar-refractivity contribution is 5.97. The van der Waals surface area contributed by atoms with E-state index in [0.717, 1.165) is 31.5 Å². The van der Waals surface area contributed by atoms with E-state index in [0.29, 0.717) is 0 Å². The van der Waals surface area contributed by atoms with Crippen LogP contribution in [0, 0.1) is 0 Å². The number of carbonyl (C=O) groups excluding carboxylic acids is 1. The van der Waals surface area contributed by atoms with E-state index in [4.69, 9.17) is 4.74 Å². The van der Waals surface area contributed by atoms with E-state index in [1.807, 2.05) is 23.1 Å². The molecular weight excluding hydrogens is 214 g/mol. The Balaban J connectivity index is 2.31. The van der Waals surface area contributed by atoms with Crippen molar-refractivity contribution in [1.29, 1.82) is 0 Å². The number of aryl methyl sites for hydroxylation is 1. The van der Waals surface area contributed by atoms with Crippen LogP contribution in [0.25, 0.3) is 0 Å². The molecule has 0 fully saturated rings. The normalized spacial score (nSPS) is 17.2. The van der Waals surface area contributed by atoms with E-state index in [1.165, 1.54) is 5.56 Å². The summed E-state index contributed by atoms with van der Waals surface area (Å²) in [5, 5.41) is 0. The number of fused-ring (bicyclic) bond motifs is 1. The monoisotopic (exact) mass is 233 g/mol. The number of para-hydroxylation sites is 1. The number of amides is 1. The molecule has 0 aromatic heterocycles. The Morgan fingerprint density at radius 1 is 1.35 bits per heavy atom. The molecule has 1 aromatic carbocycles. The summed E-state index contributed by atoms with van der Waals surface area (Å²) in [5.74, 6) is 0.0573. The highest BCUT2D eigenvalue weighted by Gasteiger charge is 2.24. The van der Waals surface area contributed by atoms with Gasteiger partial charge in [0.25, 0.3) is 5.91 Å². The van der Waals surface area contributed by atoms with Gasteiger partial charge in [0, 0.05) is 19.3 Å². The Kier molecular flexibility index (Phi) is 3.79. The summed E-state index contributed by atoms with van der Waals surface area (Å²) in [4.78, 5) is 14.1. The quantitative estimate of drug-likeness (QED) is 0.785. The Morgan fingerprint density at radius 2 is 2.12 bits per heavy atom. The summed E-state index contributed by atoms with van der Waals surface area (Å²) in [5.41, 5.74) is 2.32. The van der Waals surface area contributed by atoms with Gasteiger partial charge < -0.3 is 9.64 Å². The average Bonchev–Trinajstić information content (AvgIpc) is 2.59. The summed E-state index contributed by atoms with van der Waals surface area (Å²) in [6, 6.07) is 8.16. The summed E-state index contributed by atoms with van der Waals surface area (Å²) in [7, 11) is 1.58. The molecule has 0 aliphatic carbocycles. The molecule has 1 amide bonds. The minimum atomic E-state index is -0.374. The Hall–Kier alpha value is -1.35. The summed E-state index contributed by atoms with van der Waals surface area (Å²) in [6.45, 7) is 2.60. The fraction of sp³-hybridized carbons (Fsp3) is 0.500. The summed E-state index contributed by atoms with van der Waals surface area (Å²) >= 11 is 0. The number of methoxy groups -OCH3 is 1. The molecule has 1 aromatic rings. The molecule has 92 valence electrons. The van der Waals surface area contributed by atoms with Crippen molar-refractivity contribution in [1.82, 2.24) is 0 Å². The highest BCUT2D eigenvalue weighted by Crippen LogP contribution is 2.26. The van der Waals surface area contributed by atoms with Gasteiger partial charge in [-0.3, -0.25) is 4.79 Å². The van der Waals surface area contributed by atoms with Crippen molar-refractivity contribution in [3.63, 3.8) is 0 Å². The van der Waals surface area contributed by atoms with Crippen LogP contribution in [-0.4, -0.2) is 25.7 Å². The zero-order valence-corrected chi connectivity index (χ0v) is 10.5. The molecule has 17 heavy (non-hydrogen) atoms. The third-order valence-corrected chi connectivity index (χ3v) is 3.33. The van der Waals surface area contributed by atoms with Gasteiger partial charge in [0.05, 0.1) is 0 Å². The third-order valence-electron chi connectivity index (χ3n) is 3.33. The van der Waals surface area contributed by atoms with Gasteiger partial charge in [0.1, 0.15) is 6.10 Å². The van der Waals surface area contributed by atoms with Crippen molar-refractivity contribution in [3.8, 4) is 0 Å². The molecule has 1 atom stereocenters. The zero-order chi connectivity index (χ0) is 12.3. The molecule has 0 saturated heterocycles. The van der Waals surface area contributed by atoms with E-state index >= 15 is 0 Å². The number of hydrogen-bond acceptors (Lipinski definition) is 2. The lowest BCUT2D eigenvalue weighted by Crippen LogP contribution is -2.39. The van der Waals surface area contributed by atoms with Gasteiger partial charge in [-0.05, 0) is 37.8 Å². The maximum Gasteiger partial charge on any atom is 0.255 e. The van der Waals surface area contributed by atoms with Crippen LogP contribution in [0.5, 0.6) is 0 Å². The van der Waals surface area contributed by atoms with Crippen LogP contribution in [0.1, 0.15) is 25.3 Å². The van der Waals surface area contributed by atoms with Crippen LogP contribution in [0.4, 0.5) is 5.69 Å². The van der Waals surface area contributed by atoms with E-state index in [-0.39, 0.29) is 12.0 Å². The van der Waals surface area contributed by atoms with Crippen LogP contribution in [0.2, 0.25) is 0 Å². The van der Waals surface area contributed by atoms with Crippen molar-refractivity contribution in [3.05, 3.63) is 29.8 Å². The lowest BCUT2D eigenvalue weighted by atomic mass is 10.1. The SMILES string of the molecule is COC(C)C(=O)N1CCCCc2ccccc21. The number of hydrogen-bond donors (Lipinski definition) is 0. The molecule has 0 N–H and O–H groups in total. The first-order chi connectivity index (χ1) is 8.24. The first-order valence-corrected chi connectivity index (χ1v) is 6.16. The highest BCUT2D eigenvalue weighted by atomic mass is 16.5. The Labute approximate surface area is 102 Å². The van der Waals surface area contributed by atoms with Crippen molar-refractivity contribution in [2.75, 3.05) is 18.6 Å². The first kappa shape index (κ1) is 12.1. The van der Waals surface area contributed by atoms with Crippen LogP contribution in [-0.2, 0) is 16.0 Å². The number of carbonyl (C=O) groups is 1. The number of rotatable bonds is 2. The molecule has 0 saturated carbocycles. The second kappa shape index (κ2) is 5.32. The van der Waals surface area contributed by atoms with E-state index in [1.54, 1.807) is 14.0 Å². The molecule has 0 spiro atoms. The molecule has 1 heterocycles. The van der Waals surface area contributed by atoms with Gasteiger partial charge >= 0.3 is 0 Å². The molecule has 0 bridgehead atoms. The molecular formula is C14H19NO2. The van der Waals surface area contributed by atoms with E-state index in [9.17, 15) is 4.79 Å². The van der Waals surface area contributed by atoms with E-state index < -0.39 is 0 Å². The van der Waals surface area contributed by atoms with E-state index in [2.05, 4.69) is 6.07 Å². The van der Waals surface area contributed by atoms with Crippen LogP contribution < -0.4 is 4.90 Å².